The molecule has 0 aromatic carbocycles. The van der Waals surface area contributed by atoms with Crippen LogP contribution in [0.4, 0.5) is 26.3 Å². The number of nitrogens with zero attached hydrogens (tertiary/aromatic N) is 2. The zero-order chi connectivity index (χ0) is 92.3. The molecule has 4 rings (SSSR count). The van der Waals surface area contributed by atoms with Crippen LogP contribution in [-0.4, -0.2) is 128 Å². The molecule has 0 saturated carbocycles. The van der Waals surface area contributed by atoms with Gasteiger partial charge in [0.15, 0.2) is 36.8 Å². The first-order valence-corrected chi connectivity index (χ1v) is 62.0. The van der Waals surface area contributed by atoms with Gasteiger partial charge in [-0.3, -0.25) is 24.0 Å². The molecule has 2 aliphatic heterocycles. The predicted molar refractivity (Wildman–Crippen MR) is 502 cm³/mol. The van der Waals surface area contributed by atoms with Gasteiger partial charge >= 0.3 is 220 Å². The van der Waals surface area contributed by atoms with Gasteiger partial charge in [0.25, 0.3) is 0 Å². The second-order valence-electron chi connectivity index (χ2n) is 41.7. The number of hydrogen-bond acceptors (Lipinski definition) is 15. The van der Waals surface area contributed by atoms with E-state index in [4.69, 9.17) is 37.1 Å². The van der Waals surface area contributed by atoms with E-state index in [1.54, 1.807) is 64.2 Å². The van der Waals surface area contributed by atoms with Crippen molar-refractivity contribution < 1.29 is 77.5 Å². The Balaban J connectivity index is 0.000000633. The fraction of sp³-hybridized carbons (Fsp3) is 0.772. The molecule has 4 heterocycles. The molecule has 2 aromatic rings. The summed E-state index contributed by atoms with van der Waals surface area (Å²) >= 11 is 7.76. The Labute approximate surface area is 737 Å². The molecular formula is C92H160BrF6N2O11PS2Si4. The average Bonchev–Trinajstić information content (AvgIpc) is 1.76. The van der Waals surface area contributed by atoms with Crippen molar-refractivity contribution in [2.75, 3.05) is 18.5 Å². The van der Waals surface area contributed by atoms with E-state index in [9.17, 15) is 50.3 Å². The van der Waals surface area contributed by atoms with Crippen LogP contribution in [0.3, 0.4) is 0 Å². The molecule has 0 N–H and O–H groups in total. The number of ether oxygens (including phenoxy) is 2. The van der Waals surface area contributed by atoms with Crippen molar-refractivity contribution in [3.63, 3.8) is 0 Å². The van der Waals surface area contributed by atoms with Gasteiger partial charge in [-0.1, -0.05) is 168 Å². The van der Waals surface area contributed by atoms with Crippen molar-refractivity contribution in [1.29, 1.82) is 0 Å². The van der Waals surface area contributed by atoms with Crippen molar-refractivity contribution in [3.8, 4) is 0 Å². The standard InChI is InChI=1S/C40H66F3NO5SSi2.C29H47F3O5Si.C23H47BrNOPSSi/c1-26-18-17-19-30(40(41,42)43)20-21-32(27(2)22-31-25-50-33(44-31)24-47-51(13,14)37(5,6)7)48-34(45)23-28(3)39(11,12)36(46)29(4)35(26)49-52(15,16)38(8,9)10;1-18-13-12-14-22(29(30,31)32)15-16-23(21(4)33)36-24(34)17-19(2)28(8,9)26(35)20(3)25(18)37-38(10,11)27(5,6)7;1-9-12-15-27(24,16-13-10-2,17-14-11-3)19-21-20-28-22(25-21)18-26-29(7,8)23(4,5)6/h17-18,20,22,25-26,28-29,32,35H,19,21,23-24H2,1-16H3;12-13,15,18-20,23,25H,14,16-17H2,1-11H3;20H,9-19H2,1-8H3/b18-17+,27-22+,30-20+;13-12+,22-15+;/t26-,28-,29+,32-,35-;18-,19-,20?,23-,25-;/m00./s1. The Morgan fingerprint density at radius 1 is 0.546 bits per heavy atom. The molecule has 1 unspecified atom stereocenters. The summed E-state index contributed by atoms with van der Waals surface area (Å²) in [7, 11) is -8.44. The van der Waals surface area contributed by atoms with E-state index >= 15 is 0 Å². The number of hydrogen-bond donors (Lipinski definition) is 0. The van der Waals surface area contributed by atoms with Crippen LogP contribution in [-0.2, 0) is 70.5 Å². The Morgan fingerprint density at radius 3 is 1.22 bits per heavy atom. The number of esters is 2. The third kappa shape index (κ3) is 34.3. The van der Waals surface area contributed by atoms with Crippen molar-refractivity contribution in [2.45, 2.75) is 393 Å². The molecule has 0 aliphatic carbocycles. The van der Waals surface area contributed by atoms with Gasteiger partial charge in [0.05, 0.1) is 24.5 Å². The second-order valence-corrected chi connectivity index (χ2v) is 74.0. The van der Waals surface area contributed by atoms with Crippen molar-refractivity contribution in [3.05, 3.63) is 85.3 Å². The van der Waals surface area contributed by atoms with Crippen LogP contribution in [0.1, 0.15) is 285 Å². The summed E-state index contributed by atoms with van der Waals surface area (Å²) in [6.07, 6.45) is 9.28. The maximum atomic E-state index is 14.4. The third-order valence-corrected chi connectivity index (χ3v) is 56.0. The summed E-state index contributed by atoms with van der Waals surface area (Å²) in [4.78, 5) is 76.2. The SMILES string of the molecule is C/C(=C\c1csc(CO[Si](C)(C)C(C)(C)C)n1)[C@@H]1C/C=C(/C(F)(F)F)C/C=C/[C@H](C)[C@H](O[Si](C)(C)C(C)(C)C)[C@@H](C)C(=O)C(C)(C)[C@@H](C)CC(=O)O1.CC(=O)[C@@H]1C/C=C(/C(F)(F)F)C/C=C/[C@H](C)[C@H](O[Si](C)(C)C(C)(C)C)C(C)C(=O)C(C)(C)[C@@H](C)CC(=O)O1.CCCCP(Br)(CCCC)(CCCC)Cc1csc(CO[Si](C)(C)C(C)(C)C)n1. The van der Waals surface area contributed by atoms with Crippen LogP contribution in [0.25, 0.3) is 6.08 Å². The number of carbonyl (C=O) groups is 5. The van der Waals surface area contributed by atoms with Gasteiger partial charge in [0, 0.05) is 64.9 Å². The molecule has 686 valence electrons. The molecule has 2 aliphatic rings. The molecular weight excluding hydrogens is 1710 g/mol. The summed E-state index contributed by atoms with van der Waals surface area (Å²) in [5, 5.41) is 4.21. The van der Waals surface area contributed by atoms with Gasteiger partial charge in [-0.15, -0.1) is 11.3 Å². The predicted octanol–water partition coefficient (Wildman–Crippen LogP) is 29.1. The summed E-state index contributed by atoms with van der Waals surface area (Å²) in [5.41, 5.74) is -0.862. The average molecular weight is 1870 g/mol. The number of alkyl halides is 6. The zero-order valence-corrected chi connectivity index (χ0v) is 88.1. The quantitative estimate of drug-likeness (QED) is 0.0321. The summed E-state index contributed by atoms with van der Waals surface area (Å²) in [5.74, 6) is -4.64. The van der Waals surface area contributed by atoms with E-state index in [-0.39, 0.29) is 75.7 Å². The maximum absolute atomic E-state index is 14.4. The van der Waals surface area contributed by atoms with E-state index in [0.29, 0.717) is 24.5 Å². The number of halogens is 7. The van der Waals surface area contributed by atoms with Crippen molar-refractivity contribution in [2.24, 2.45) is 46.3 Å². The monoisotopic (exact) mass is 1870 g/mol. The molecule has 119 heavy (non-hydrogen) atoms. The molecule has 0 saturated heterocycles. The van der Waals surface area contributed by atoms with Gasteiger partial charge in [0.1, 0.15) is 22.7 Å². The molecule has 0 spiro atoms. The fourth-order valence-electron chi connectivity index (χ4n) is 13.4. The molecule has 10 atom stereocenters. The van der Waals surface area contributed by atoms with Crippen LogP contribution in [0.2, 0.25) is 72.5 Å². The summed E-state index contributed by atoms with van der Waals surface area (Å²) in [6.45, 7) is 72.7. The first-order chi connectivity index (χ1) is 53.8. The molecule has 13 nitrogen and oxygen atoms in total. The van der Waals surface area contributed by atoms with Crippen molar-refractivity contribution in [1.82, 2.24) is 9.97 Å². The number of ketones is 3. The number of unbranched alkanes of at least 4 members (excludes halogenated alkanes) is 3. The van der Waals surface area contributed by atoms with Crippen LogP contribution >= 0.6 is 43.5 Å². The Hall–Kier alpha value is -2.89. The molecule has 0 fully saturated rings. The van der Waals surface area contributed by atoms with Crippen LogP contribution in [0.15, 0.2) is 63.9 Å². The van der Waals surface area contributed by atoms with E-state index in [1.165, 1.54) is 99.3 Å². The second kappa shape index (κ2) is 45.2. The number of aromatic nitrogens is 2. The third-order valence-electron chi connectivity index (χ3n) is 27.0. The number of rotatable bonds is 24. The Bertz CT molecular complexity index is 3730. The minimum absolute atomic E-state index is 0.0498. The Kier molecular flexibility index (Phi) is 42.6. The molecule has 2 aromatic heterocycles. The zero-order valence-electron chi connectivity index (χ0n) is 80.0. The first kappa shape index (κ1) is 112. The normalized spacial score (nSPS) is 25.4. The van der Waals surface area contributed by atoms with Gasteiger partial charge in [-0.25, -0.2) is 4.98 Å². The number of allylic oxidation sites excluding steroid dienone is 4. The van der Waals surface area contributed by atoms with Crippen LogP contribution in [0.5, 0.6) is 0 Å². The van der Waals surface area contributed by atoms with Gasteiger partial charge in [-0.2, -0.15) is 26.3 Å². The van der Waals surface area contributed by atoms with Gasteiger partial charge < -0.3 is 22.8 Å². The molecule has 27 heteroatoms. The number of cyclic esters (lactones) is 2. The summed E-state index contributed by atoms with van der Waals surface area (Å²) < 4.78 is 122. The Morgan fingerprint density at radius 2 is 0.882 bits per heavy atom. The van der Waals surface area contributed by atoms with E-state index in [2.05, 4.69) is 177 Å². The van der Waals surface area contributed by atoms with E-state index in [0.717, 1.165) is 22.2 Å². The van der Waals surface area contributed by atoms with Crippen LogP contribution < -0.4 is 0 Å². The van der Waals surface area contributed by atoms with Gasteiger partial charge in [0.2, 0.25) is 0 Å². The van der Waals surface area contributed by atoms with Gasteiger partial charge in [-0.05, 0) is 116 Å². The van der Waals surface area contributed by atoms with E-state index < -0.39 is 145 Å². The number of thiazole rings is 2. The number of Topliss-reactive ketones (excluding diaryl/α,β-unsaturated/α-hetero) is 3. The number of carbonyl (C=O) groups excluding carboxylic acids is 5. The summed E-state index contributed by atoms with van der Waals surface area (Å²) in [6, 6.07) is 0. The van der Waals surface area contributed by atoms with Crippen molar-refractivity contribution >= 4 is 112 Å². The topological polar surface area (TPSA) is 167 Å². The molecule has 0 bridgehead atoms. The molecule has 0 radical (unpaired) electrons. The van der Waals surface area contributed by atoms with E-state index in [1.807, 2.05) is 46.9 Å². The van der Waals surface area contributed by atoms with Crippen LogP contribution in [0, 0.1) is 46.3 Å². The minimum atomic E-state index is -4.61. The first-order valence-electron chi connectivity index (χ1n) is 43.6. The molecule has 0 amide bonds. The fourth-order valence-corrected chi connectivity index (χ4v) is 28.3.